The van der Waals surface area contributed by atoms with E-state index in [2.05, 4.69) is 5.32 Å². The van der Waals surface area contributed by atoms with Crippen molar-refractivity contribution in [3.63, 3.8) is 0 Å². The Balaban J connectivity index is 2.71. The molecular weight excluding hydrogens is 248 g/mol. The molecule has 0 saturated heterocycles. The molecule has 1 aromatic rings. The van der Waals surface area contributed by atoms with Crippen LogP contribution in [0.15, 0.2) is 18.2 Å². The molecule has 1 rings (SSSR count). The summed E-state index contributed by atoms with van der Waals surface area (Å²) in [6.07, 6.45) is 2.37. The Labute approximate surface area is 114 Å². The molecule has 0 aliphatic carbocycles. The van der Waals surface area contributed by atoms with Gasteiger partial charge in [-0.05, 0) is 44.9 Å². The number of rotatable bonds is 9. The van der Waals surface area contributed by atoms with E-state index in [0.717, 1.165) is 19.4 Å². The van der Waals surface area contributed by atoms with Gasteiger partial charge in [0.1, 0.15) is 11.6 Å². The molecule has 2 nitrogen and oxygen atoms in total. The van der Waals surface area contributed by atoms with E-state index in [4.69, 9.17) is 4.74 Å². The summed E-state index contributed by atoms with van der Waals surface area (Å²) in [4.78, 5) is 0. The minimum Gasteiger partial charge on any atom is -0.382 e. The van der Waals surface area contributed by atoms with E-state index < -0.39 is 11.6 Å². The smallest absolute Gasteiger partial charge is 0.130 e. The van der Waals surface area contributed by atoms with Gasteiger partial charge < -0.3 is 10.1 Å². The fraction of sp³-hybridized carbons (Fsp3) is 0.600. The van der Waals surface area contributed by atoms with Crippen molar-refractivity contribution in [1.29, 1.82) is 0 Å². The van der Waals surface area contributed by atoms with Crippen LogP contribution >= 0.6 is 0 Å². The standard InChI is InChI=1S/C15H23F2NO/c1-3-10-18-14(9-6-11-19-4-2)15-12(16)7-5-8-13(15)17/h5,7-8,14,18H,3-4,6,9-11H2,1-2H3. The molecule has 0 radical (unpaired) electrons. The Morgan fingerprint density at radius 3 is 2.47 bits per heavy atom. The van der Waals surface area contributed by atoms with E-state index in [0.29, 0.717) is 19.6 Å². The summed E-state index contributed by atoms with van der Waals surface area (Å²) < 4.78 is 32.9. The van der Waals surface area contributed by atoms with Gasteiger partial charge in [-0.25, -0.2) is 8.78 Å². The maximum atomic E-state index is 13.8. The zero-order valence-electron chi connectivity index (χ0n) is 11.7. The first-order valence-corrected chi connectivity index (χ1v) is 6.95. The second-order valence-electron chi connectivity index (χ2n) is 4.48. The summed E-state index contributed by atoms with van der Waals surface area (Å²) in [6.45, 7) is 6.00. The Kier molecular flexibility index (Phi) is 7.60. The minimum absolute atomic E-state index is 0.146. The van der Waals surface area contributed by atoms with Gasteiger partial charge in [-0.1, -0.05) is 13.0 Å². The molecular formula is C15H23F2NO. The maximum Gasteiger partial charge on any atom is 0.130 e. The maximum absolute atomic E-state index is 13.8. The number of ether oxygens (including phenoxy) is 1. The average Bonchev–Trinajstić information content (AvgIpc) is 2.39. The largest absolute Gasteiger partial charge is 0.382 e. The molecule has 4 heteroatoms. The molecule has 0 saturated carbocycles. The SMILES string of the molecule is CCCNC(CCCOCC)c1c(F)cccc1F. The van der Waals surface area contributed by atoms with Crippen LogP contribution in [0.5, 0.6) is 0 Å². The summed E-state index contributed by atoms with van der Waals surface area (Å²) >= 11 is 0. The van der Waals surface area contributed by atoms with Gasteiger partial charge in [0.25, 0.3) is 0 Å². The summed E-state index contributed by atoms with van der Waals surface area (Å²) in [5, 5.41) is 3.21. The van der Waals surface area contributed by atoms with Crippen molar-refractivity contribution in [2.24, 2.45) is 0 Å². The van der Waals surface area contributed by atoms with Crippen LogP contribution in [0.2, 0.25) is 0 Å². The van der Waals surface area contributed by atoms with Gasteiger partial charge in [-0.3, -0.25) is 0 Å². The third kappa shape index (κ3) is 5.25. The van der Waals surface area contributed by atoms with Crippen molar-refractivity contribution in [3.8, 4) is 0 Å². The molecule has 0 amide bonds. The molecule has 1 aromatic carbocycles. The lowest BCUT2D eigenvalue weighted by molar-refractivity contribution is 0.140. The number of nitrogens with one attached hydrogen (secondary N) is 1. The van der Waals surface area contributed by atoms with Crippen molar-refractivity contribution in [3.05, 3.63) is 35.4 Å². The van der Waals surface area contributed by atoms with Crippen molar-refractivity contribution in [1.82, 2.24) is 5.32 Å². The van der Waals surface area contributed by atoms with Crippen LogP contribution in [0.25, 0.3) is 0 Å². The van der Waals surface area contributed by atoms with Gasteiger partial charge in [0, 0.05) is 24.8 Å². The monoisotopic (exact) mass is 271 g/mol. The highest BCUT2D eigenvalue weighted by Crippen LogP contribution is 2.24. The van der Waals surface area contributed by atoms with Gasteiger partial charge in [0.05, 0.1) is 0 Å². The van der Waals surface area contributed by atoms with Crippen LogP contribution in [0.1, 0.15) is 44.7 Å². The summed E-state index contributed by atoms with van der Waals surface area (Å²) in [5.41, 5.74) is 0.146. The first-order valence-electron chi connectivity index (χ1n) is 6.95. The van der Waals surface area contributed by atoms with E-state index in [1.807, 2.05) is 13.8 Å². The summed E-state index contributed by atoms with van der Waals surface area (Å²) in [7, 11) is 0. The second kappa shape index (κ2) is 8.99. The van der Waals surface area contributed by atoms with Crippen molar-refractivity contribution in [2.75, 3.05) is 19.8 Å². The molecule has 0 spiro atoms. The van der Waals surface area contributed by atoms with Gasteiger partial charge in [0.15, 0.2) is 0 Å². The van der Waals surface area contributed by atoms with E-state index in [9.17, 15) is 8.78 Å². The lowest BCUT2D eigenvalue weighted by Gasteiger charge is -2.20. The van der Waals surface area contributed by atoms with Gasteiger partial charge >= 0.3 is 0 Å². The zero-order chi connectivity index (χ0) is 14.1. The highest BCUT2D eigenvalue weighted by Gasteiger charge is 2.19. The van der Waals surface area contributed by atoms with E-state index >= 15 is 0 Å². The fourth-order valence-electron chi connectivity index (χ4n) is 2.04. The van der Waals surface area contributed by atoms with Crippen LogP contribution in [0, 0.1) is 11.6 Å². The van der Waals surface area contributed by atoms with Gasteiger partial charge in [-0.2, -0.15) is 0 Å². The third-order valence-corrected chi connectivity index (χ3v) is 2.97. The number of hydrogen-bond acceptors (Lipinski definition) is 2. The average molecular weight is 271 g/mol. The van der Waals surface area contributed by atoms with Crippen LogP contribution < -0.4 is 5.32 Å². The van der Waals surface area contributed by atoms with E-state index in [1.54, 1.807) is 0 Å². The normalized spacial score (nSPS) is 12.6. The number of benzene rings is 1. The van der Waals surface area contributed by atoms with Crippen LogP contribution in [0.3, 0.4) is 0 Å². The minimum atomic E-state index is -0.481. The third-order valence-electron chi connectivity index (χ3n) is 2.97. The highest BCUT2D eigenvalue weighted by atomic mass is 19.1. The molecule has 0 bridgehead atoms. The first kappa shape index (κ1) is 16.1. The van der Waals surface area contributed by atoms with Gasteiger partial charge in [-0.15, -0.1) is 0 Å². The molecule has 108 valence electrons. The highest BCUT2D eigenvalue weighted by molar-refractivity contribution is 5.23. The van der Waals surface area contributed by atoms with Crippen LogP contribution in [0.4, 0.5) is 8.78 Å². The van der Waals surface area contributed by atoms with E-state index in [1.165, 1.54) is 18.2 Å². The molecule has 19 heavy (non-hydrogen) atoms. The second-order valence-corrected chi connectivity index (χ2v) is 4.48. The topological polar surface area (TPSA) is 21.3 Å². The van der Waals surface area contributed by atoms with Crippen molar-refractivity contribution >= 4 is 0 Å². The molecule has 1 atom stereocenters. The molecule has 0 heterocycles. The van der Waals surface area contributed by atoms with Crippen LogP contribution in [-0.2, 0) is 4.74 Å². The molecule has 0 aliphatic heterocycles. The Bertz CT molecular complexity index is 351. The Morgan fingerprint density at radius 2 is 1.89 bits per heavy atom. The Morgan fingerprint density at radius 1 is 1.21 bits per heavy atom. The lowest BCUT2D eigenvalue weighted by atomic mass is 10.0. The van der Waals surface area contributed by atoms with Crippen molar-refractivity contribution < 1.29 is 13.5 Å². The van der Waals surface area contributed by atoms with E-state index in [-0.39, 0.29) is 11.6 Å². The quantitative estimate of drug-likeness (QED) is 0.689. The predicted octanol–water partition coefficient (Wildman–Crippen LogP) is 3.82. The zero-order valence-corrected chi connectivity index (χ0v) is 11.7. The first-order chi connectivity index (χ1) is 9.20. The fourth-order valence-corrected chi connectivity index (χ4v) is 2.04. The molecule has 0 aromatic heterocycles. The molecule has 0 aliphatic rings. The number of halogens is 2. The van der Waals surface area contributed by atoms with Crippen molar-refractivity contribution in [2.45, 2.75) is 39.2 Å². The predicted molar refractivity (Wildman–Crippen MR) is 73.1 cm³/mol. The lowest BCUT2D eigenvalue weighted by Crippen LogP contribution is -2.24. The van der Waals surface area contributed by atoms with Crippen LogP contribution in [-0.4, -0.2) is 19.8 Å². The summed E-state index contributed by atoms with van der Waals surface area (Å²) in [6, 6.07) is 3.72. The molecule has 0 fully saturated rings. The number of hydrogen-bond donors (Lipinski definition) is 1. The summed E-state index contributed by atoms with van der Waals surface area (Å²) in [5.74, 6) is -0.963. The van der Waals surface area contributed by atoms with Gasteiger partial charge in [0.2, 0.25) is 0 Å². The molecule has 1 N–H and O–H groups in total. The molecule has 1 unspecified atom stereocenters. The Hall–Kier alpha value is -1.00.